The minimum absolute atomic E-state index is 0.0876. The lowest BCUT2D eigenvalue weighted by Gasteiger charge is -2.25. The highest BCUT2D eigenvalue weighted by Crippen LogP contribution is 2.43. The molecule has 1 aromatic heterocycles. The van der Waals surface area contributed by atoms with Gasteiger partial charge in [-0.2, -0.15) is 0 Å². The Morgan fingerprint density at radius 2 is 1.00 bits per heavy atom. The van der Waals surface area contributed by atoms with E-state index in [0.717, 1.165) is 16.8 Å². The van der Waals surface area contributed by atoms with E-state index in [9.17, 15) is 0 Å². The van der Waals surface area contributed by atoms with E-state index >= 15 is 0 Å². The lowest BCUT2D eigenvalue weighted by atomic mass is 9.34. The number of benzene rings is 8. The van der Waals surface area contributed by atoms with Crippen molar-refractivity contribution in [2.24, 2.45) is 0 Å². The first-order valence-electron chi connectivity index (χ1n) is 17.4. The molecule has 0 radical (unpaired) electrons. The second-order valence-corrected chi connectivity index (χ2v) is 14.3. The van der Waals surface area contributed by atoms with Crippen molar-refractivity contribution in [1.82, 2.24) is 4.98 Å². The Kier molecular flexibility index (Phi) is 6.68. The van der Waals surface area contributed by atoms with Gasteiger partial charge in [0.25, 0.3) is 0 Å². The van der Waals surface area contributed by atoms with E-state index in [2.05, 4.69) is 163 Å². The molecule has 0 unspecified atom stereocenters. The molecular formula is C47H38BN. The average Bonchev–Trinajstić information content (AvgIpc) is 3.08. The molecule has 0 saturated heterocycles. The molecule has 0 spiro atoms. The number of aromatic nitrogens is 1. The van der Waals surface area contributed by atoms with E-state index < -0.39 is 0 Å². The Balaban J connectivity index is 1.41. The summed E-state index contributed by atoms with van der Waals surface area (Å²) in [4.78, 5) is 5.56. The summed E-state index contributed by atoms with van der Waals surface area (Å²) in [5.74, 6) is 0. The Hall–Kier alpha value is -5.47. The summed E-state index contributed by atoms with van der Waals surface area (Å²) >= 11 is 0. The molecule has 0 amide bonds. The van der Waals surface area contributed by atoms with Gasteiger partial charge in [0.1, 0.15) is 0 Å². The second-order valence-electron chi connectivity index (χ2n) is 14.3. The molecule has 0 atom stereocenters. The summed E-state index contributed by atoms with van der Waals surface area (Å²) < 4.78 is 0. The van der Waals surface area contributed by atoms with E-state index in [-0.39, 0.29) is 6.71 Å². The SMILES string of the molecule is Cc1cc(C)c(B(c2ccc3c(c2)nc(-c2ccccc2)c2cc4ccc5cccc6ccc(c23)c4c56)c2c(C)cc(C)cc2C)c(C)c1. The quantitative estimate of drug-likeness (QED) is 0.108. The van der Waals surface area contributed by atoms with Gasteiger partial charge in [0.05, 0.1) is 11.2 Å². The number of pyridine rings is 1. The minimum Gasteiger partial charge on any atom is -0.247 e. The minimum atomic E-state index is 0.0876. The fourth-order valence-electron chi connectivity index (χ4n) is 9.09. The lowest BCUT2D eigenvalue weighted by molar-refractivity contribution is 1.34. The molecule has 0 bridgehead atoms. The van der Waals surface area contributed by atoms with E-state index in [1.807, 2.05) is 0 Å². The van der Waals surface area contributed by atoms with Crippen molar-refractivity contribution in [1.29, 1.82) is 0 Å². The molecule has 234 valence electrons. The molecule has 8 aromatic carbocycles. The first-order chi connectivity index (χ1) is 23.8. The van der Waals surface area contributed by atoms with Crippen LogP contribution in [0.5, 0.6) is 0 Å². The number of hydrogen-bond acceptors (Lipinski definition) is 1. The van der Waals surface area contributed by atoms with Gasteiger partial charge < -0.3 is 0 Å². The highest BCUT2D eigenvalue weighted by molar-refractivity contribution is 6.96. The van der Waals surface area contributed by atoms with Crippen LogP contribution in [0.4, 0.5) is 0 Å². The first-order valence-corrected chi connectivity index (χ1v) is 17.4. The van der Waals surface area contributed by atoms with Gasteiger partial charge in [-0.1, -0.05) is 159 Å². The van der Waals surface area contributed by atoms with Gasteiger partial charge in [0, 0.05) is 21.7 Å². The third-order valence-corrected chi connectivity index (χ3v) is 10.9. The monoisotopic (exact) mass is 627 g/mol. The van der Waals surface area contributed by atoms with Crippen LogP contribution in [0, 0.1) is 41.5 Å². The molecule has 49 heavy (non-hydrogen) atoms. The average molecular weight is 628 g/mol. The fraction of sp³-hybridized carbons (Fsp3) is 0.128. The summed E-state index contributed by atoms with van der Waals surface area (Å²) in [6.45, 7) is 13.6. The van der Waals surface area contributed by atoms with Crippen molar-refractivity contribution in [3.05, 3.63) is 155 Å². The van der Waals surface area contributed by atoms with Gasteiger partial charge in [-0.05, 0) is 86.0 Å². The van der Waals surface area contributed by atoms with Crippen LogP contribution in [0.2, 0.25) is 0 Å². The number of aryl methyl sites for hydroxylation is 6. The van der Waals surface area contributed by atoms with E-state index in [4.69, 9.17) is 4.98 Å². The lowest BCUT2D eigenvalue weighted by Crippen LogP contribution is -2.55. The van der Waals surface area contributed by atoms with Crippen LogP contribution in [0.1, 0.15) is 33.4 Å². The first kappa shape index (κ1) is 29.7. The smallest absolute Gasteiger partial charge is 0.242 e. The van der Waals surface area contributed by atoms with Crippen LogP contribution in [0.25, 0.3) is 65.3 Å². The maximum absolute atomic E-state index is 5.56. The molecule has 9 rings (SSSR count). The van der Waals surface area contributed by atoms with Crippen molar-refractivity contribution >= 4 is 77.1 Å². The van der Waals surface area contributed by atoms with Crippen LogP contribution >= 0.6 is 0 Å². The van der Waals surface area contributed by atoms with Crippen LogP contribution < -0.4 is 16.4 Å². The molecule has 0 N–H and O–H groups in total. The molecular weight excluding hydrogens is 589 g/mol. The van der Waals surface area contributed by atoms with Gasteiger partial charge in [-0.25, -0.2) is 4.98 Å². The molecule has 9 aromatic rings. The Morgan fingerprint density at radius 1 is 0.429 bits per heavy atom. The van der Waals surface area contributed by atoms with Gasteiger partial charge in [0.2, 0.25) is 6.71 Å². The molecule has 0 fully saturated rings. The Morgan fingerprint density at radius 3 is 1.63 bits per heavy atom. The maximum Gasteiger partial charge on any atom is 0.242 e. The molecule has 2 heteroatoms. The molecule has 1 nitrogen and oxygen atoms in total. The van der Waals surface area contributed by atoms with Gasteiger partial charge in [0.15, 0.2) is 0 Å². The number of nitrogens with zero attached hydrogens (tertiary/aromatic N) is 1. The molecule has 0 aliphatic heterocycles. The zero-order valence-electron chi connectivity index (χ0n) is 29.1. The van der Waals surface area contributed by atoms with Crippen molar-refractivity contribution in [3.63, 3.8) is 0 Å². The predicted molar refractivity (Wildman–Crippen MR) is 214 cm³/mol. The van der Waals surface area contributed by atoms with Crippen molar-refractivity contribution in [2.75, 3.05) is 0 Å². The van der Waals surface area contributed by atoms with Gasteiger partial charge in [-0.3, -0.25) is 0 Å². The summed E-state index contributed by atoms with van der Waals surface area (Å²) in [6.07, 6.45) is 0. The highest BCUT2D eigenvalue weighted by Gasteiger charge is 2.29. The van der Waals surface area contributed by atoms with Crippen LogP contribution in [-0.4, -0.2) is 11.7 Å². The van der Waals surface area contributed by atoms with E-state index in [0.29, 0.717) is 0 Å². The Labute approximate surface area is 288 Å². The molecule has 0 saturated carbocycles. The molecule has 0 aliphatic carbocycles. The third kappa shape index (κ3) is 4.58. The fourth-order valence-corrected chi connectivity index (χ4v) is 9.09. The van der Waals surface area contributed by atoms with Gasteiger partial charge in [-0.15, -0.1) is 0 Å². The van der Waals surface area contributed by atoms with Crippen molar-refractivity contribution in [3.8, 4) is 11.3 Å². The normalized spacial score (nSPS) is 11.9. The number of hydrogen-bond donors (Lipinski definition) is 0. The summed E-state index contributed by atoms with van der Waals surface area (Å²) in [7, 11) is 0. The zero-order valence-corrected chi connectivity index (χ0v) is 29.1. The highest BCUT2D eigenvalue weighted by atomic mass is 14.7. The van der Waals surface area contributed by atoms with Crippen molar-refractivity contribution < 1.29 is 0 Å². The standard InChI is InChI=1S/C47H38BN/c1-27-21-29(3)45(30(4)22-27)48(46-31(5)23-28(2)24-32(46)6)37-18-20-38-41(26-37)49-47(35-11-8-7-9-12-35)40-25-36-16-15-33-13-10-14-34-17-19-39(44(38)40)43(36)42(33)34/h7-26H,1-6H3. The van der Waals surface area contributed by atoms with Gasteiger partial charge >= 0.3 is 0 Å². The van der Waals surface area contributed by atoms with E-state index in [1.54, 1.807) is 0 Å². The molecule has 1 heterocycles. The third-order valence-electron chi connectivity index (χ3n) is 10.9. The predicted octanol–water partition coefficient (Wildman–Crippen LogP) is 10.3. The second kappa shape index (κ2) is 11.0. The number of rotatable bonds is 4. The topological polar surface area (TPSA) is 12.9 Å². The van der Waals surface area contributed by atoms with Crippen LogP contribution in [0.15, 0.2) is 121 Å². The summed E-state index contributed by atoms with van der Waals surface area (Å²) in [6, 6.07) is 45.4. The zero-order chi connectivity index (χ0) is 33.6. The van der Waals surface area contributed by atoms with Crippen LogP contribution in [0.3, 0.4) is 0 Å². The largest absolute Gasteiger partial charge is 0.247 e. The van der Waals surface area contributed by atoms with Crippen molar-refractivity contribution in [2.45, 2.75) is 41.5 Å². The summed E-state index contributed by atoms with van der Waals surface area (Å²) in [5.41, 5.74) is 15.2. The van der Waals surface area contributed by atoms with Crippen LogP contribution in [-0.2, 0) is 0 Å². The summed E-state index contributed by atoms with van der Waals surface area (Å²) in [5, 5.41) is 11.5. The Bertz CT molecular complexity index is 2660. The molecule has 0 aliphatic rings. The maximum atomic E-state index is 5.56. The number of fused-ring (bicyclic) bond motifs is 4. The van der Waals surface area contributed by atoms with E-state index in [1.165, 1.54) is 98.2 Å².